The average molecular weight is 475 g/mol. The van der Waals surface area contributed by atoms with Crippen molar-refractivity contribution < 1.29 is 26.4 Å². The van der Waals surface area contributed by atoms with E-state index in [9.17, 15) is 26.4 Å². The van der Waals surface area contributed by atoms with Gasteiger partial charge in [-0.15, -0.1) is 0 Å². The molecule has 1 fully saturated rings. The van der Waals surface area contributed by atoms with E-state index in [1.807, 2.05) is 0 Å². The molecule has 1 aliphatic heterocycles. The van der Waals surface area contributed by atoms with Gasteiger partial charge in [-0.1, -0.05) is 30.5 Å². The van der Waals surface area contributed by atoms with Crippen molar-refractivity contribution in [3.05, 3.63) is 58.1 Å². The highest BCUT2D eigenvalue weighted by molar-refractivity contribution is 7.89. The summed E-state index contributed by atoms with van der Waals surface area (Å²) in [5.74, 6) is -0.744. The first kappa shape index (κ1) is 23.6. The number of nitrogens with zero attached hydrogens (tertiary/aromatic N) is 1. The number of benzene rings is 2. The van der Waals surface area contributed by atoms with Gasteiger partial charge in [-0.3, -0.25) is 4.79 Å². The van der Waals surface area contributed by atoms with E-state index in [-0.39, 0.29) is 21.2 Å². The Kier molecular flexibility index (Phi) is 6.98. The van der Waals surface area contributed by atoms with Crippen molar-refractivity contribution in [2.75, 3.05) is 18.4 Å². The molecule has 1 aliphatic rings. The van der Waals surface area contributed by atoms with E-state index in [0.29, 0.717) is 18.7 Å². The highest BCUT2D eigenvalue weighted by Crippen LogP contribution is 2.34. The maximum absolute atomic E-state index is 13.0. The topological polar surface area (TPSA) is 66.5 Å². The van der Waals surface area contributed by atoms with Crippen LogP contribution in [-0.2, 0) is 16.2 Å². The van der Waals surface area contributed by atoms with Crippen LogP contribution in [0.3, 0.4) is 0 Å². The van der Waals surface area contributed by atoms with Crippen molar-refractivity contribution in [2.24, 2.45) is 0 Å². The molecule has 3 rings (SSSR count). The highest BCUT2D eigenvalue weighted by Gasteiger charge is 2.31. The van der Waals surface area contributed by atoms with Gasteiger partial charge in [-0.25, -0.2) is 8.42 Å². The Balaban J connectivity index is 1.91. The number of nitrogens with one attached hydrogen (secondary N) is 1. The van der Waals surface area contributed by atoms with Gasteiger partial charge in [0, 0.05) is 18.7 Å². The summed E-state index contributed by atoms with van der Waals surface area (Å²) in [7, 11) is -3.79. The second kappa shape index (κ2) is 9.18. The smallest absolute Gasteiger partial charge is 0.321 e. The molecule has 1 saturated heterocycles. The van der Waals surface area contributed by atoms with Gasteiger partial charge in [0.2, 0.25) is 10.0 Å². The molecule has 0 aromatic heterocycles. The Hall–Kier alpha value is -2.10. The average Bonchev–Trinajstić information content (AvgIpc) is 2.99. The van der Waals surface area contributed by atoms with E-state index in [0.717, 1.165) is 43.9 Å². The summed E-state index contributed by atoms with van der Waals surface area (Å²) in [6.07, 6.45) is -1.13. The Bertz CT molecular complexity index is 1080. The summed E-state index contributed by atoms with van der Waals surface area (Å²) < 4.78 is 66.5. The molecule has 2 aromatic rings. The Labute approximate surface area is 184 Å². The van der Waals surface area contributed by atoms with Crippen molar-refractivity contribution in [3.63, 3.8) is 0 Å². The number of hydrogen-bond acceptors (Lipinski definition) is 3. The number of aryl methyl sites for hydroxylation is 1. The Morgan fingerprint density at radius 2 is 1.68 bits per heavy atom. The third kappa shape index (κ3) is 5.39. The fourth-order valence-electron chi connectivity index (χ4n) is 3.42. The summed E-state index contributed by atoms with van der Waals surface area (Å²) in [5.41, 5.74) is -0.636. The first-order valence-corrected chi connectivity index (χ1v) is 11.6. The maximum Gasteiger partial charge on any atom is 0.416 e. The normalized spacial score (nSPS) is 16.0. The van der Waals surface area contributed by atoms with Crippen LogP contribution < -0.4 is 5.32 Å². The molecule has 0 atom stereocenters. The SMILES string of the molecule is Cc1ccc(S(=O)(=O)N2CCCCCC2)cc1C(=O)Nc1cc(C(F)(F)F)ccc1Cl. The lowest BCUT2D eigenvalue weighted by Crippen LogP contribution is -2.32. The van der Waals surface area contributed by atoms with E-state index >= 15 is 0 Å². The monoisotopic (exact) mass is 474 g/mol. The Morgan fingerprint density at radius 3 is 2.29 bits per heavy atom. The van der Waals surface area contributed by atoms with E-state index in [1.54, 1.807) is 6.92 Å². The number of alkyl halides is 3. The molecular weight excluding hydrogens is 453 g/mol. The maximum atomic E-state index is 13.0. The summed E-state index contributed by atoms with van der Waals surface area (Å²) in [5, 5.41) is 2.31. The summed E-state index contributed by atoms with van der Waals surface area (Å²) in [4.78, 5) is 12.8. The van der Waals surface area contributed by atoms with Crippen LogP contribution in [0.15, 0.2) is 41.3 Å². The van der Waals surface area contributed by atoms with Crippen LogP contribution in [0.2, 0.25) is 5.02 Å². The molecule has 1 amide bonds. The molecular formula is C21H22ClF3N2O3S. The fourth-order valence-corrected chi connectivity index (χ4v) is 5.13. The first-order valence-electron chi connectivity index (χ1n) is 9.79. The molecule has 31 heavy (non-hydrogen) atoms. The molecule has 0 radical (unpaired) electrons. The zero-order valence-corrected chi connectivity index (χ0v) is 18.4. The van der Waals surface area contributed by atoms with Crippen molar-refractivity contribution >= 4 is 33.2 Å². The molecule has 10 heteroatoms. The third-order valence-electron chi connectivity index (χ3n) is 5.20. The predicted octanol–water partition coefficient (Wildman–Crippen LogP) is 5.48. The fraction of sp³-hybridized carbons (Fsp3) is 0.381. The van der Waals surface area contributed by atoms with Crippen molar-refractivity contribution in [3.8, 4) is 0 Å². The van der Waals surface area contributed by atoms with Gasteiger partial charge in [0.1, 0.15) is 0 Å². The minimum absolute atomic E-state index is 0.0275. The quantitative estimate of drug-likeness (QED) is 0.637. The van der Waals surface area contributed by atoms with E-state index in [4.69, 9.17) is 11.6 Å². The molecule has 1 heterocycles. The van der Waals surface area contributed by atoms with Gasteiger partial charge in [0.05, 0.1) is 21.2 Å². The number of hydrogen-bond donors (Lipinski definition) is 1. The Morgan fingerprint density at radius 1 is 1.03 bits per heavy atom. The minimum Gasteiger partial charge on any atom is -0.321 e. The van der Waals surface area contributed by atoms with Crippen LogP contribution in [-0.4, -0.2) is 31.7 Å². The van der Waals surface area contributed by atoms with Crippen molar-refractivity contribution in [2.45, 2.75) is 43.7 Å². The third-order valence-corrected chi connectivity index (χ3v) is 7.42. The van der Waals surface area contributed by atoms with Gasteiger partial charge in [-0.05, 0) is 55.7 Å². The zero-order chi connectivity index (χ0) is 22.8. The van der Waals surface area contributed by atoms with Gasteiger partial charge >= 0.3 is 6.18 Å². The summed E-state index contributed by atoms with van der Waals surface area (Å²) in [6.45, 7) is 2.44. The number of halogens is 4. The van der Waals surface area contributed by atoms with Crippen LogP contribution in [0.4, 0.5) is 18.9 Å². The van der Waals surface area contributed by atoms with Gasteiger partial charge in [-0.2, -0.15) is 17.5 Å². The molecule has 2 aromatic carbocycles. The van der Waals surface area contributed by atoms with Crippen molar-refractivity contribution in [1.82, 2.24) is 4.31 Å². The zero-order valence-electron chi connectivity index (χ0n) is 16.8. The van der Waals surface area contributed by atoms with Crippen LogP contribution in [0.1, 0.15) is 47.2 Å². The van der Waals surface area contributed by atoms with E-state index in [2.05, 4.69) is 5.32 Å². The number of anilines is 1. The predicted molar refractivity (Wildman–Crippen MR) is 113 cm³/mol. The molecule has 0 unspecified atom stereocenters. The molecule has 0 saturated carbocycles. The van der Waals surface area contributed by atoms with Crippen LogP contribution >= 0.6 is 11.6 Å². The van der Waals surface area contributed by atoms with Crippen molar-refractivity contribution in [1.29, 1.82) is 0 Å². The second-order valence-corrected chi connectivity index (χ2v) is 9.79. The molecule has 0 bridgehead atoms. The lowest BCUT2D eigenvalue weighted by atomic mass is 10.1. The number of amides is 1. The minimum atomic E-state index is -4.60. The molecule has 1 N–H and O–H groups in total. The van der Waals surface area contributed by atoms with Gasteiger partial charge in [0.25, 0.3) is 5.91 Å². The lowest BCUT2D eigenvalue weighted by molar-refractivity contribution is -0.137. The number of rotatable bonds is 4. The summed E-state index contributed by atoms with van der Waals surface area (Å²) >= 11 is 5.95. The number of sulfonamides is 1. The first-order chi connectivity index (χ1) is 14.5. The standard InChI is InChI=1S/C21H22ClF3N2O3S/c1-14-6-8-16(31(29,30)27-10-4-2-3-5-11-27)13-17(14)20(28)26-19-12-15(21(23,24)25)7-9-18(19)22/h6-9,12-13H,2-5,10-11H2,1H3,(H,26,28). The summed E-state index contributed by atoms with van der Waals surface area (Å²) in [6, 6.07) is 6.81. The second-order valence-electron chi connectivity index (χ2n) is 7.44. The van der Waals surface area contributed by atoms with Crippen LogP contribution in [0, 0.1) is 6.92 Å². The molecule has 5 nitrogen and oxygen atoms in total. The largest absolute Gasteiger partial charge is 0.416 e. The van der Waals surface area contributed by atoms with Crippen LogP contribution in [0.25, 0.3) is 0 Å². The van der Waals surface area contributed by atoms with E-state index in [1.165, 1.54) is 22.5 Å². The molecule has 168 valence electrons. The molecule has 0 aliphatic carbocycles. The van der Waals surface area contributed by atoms with E-state index < -0.39 is 27.7 Å². The van der Waals surface area contributed by atoms with Gasteiger partial charge in [0.15, 0.2) is 0 Å². The highest BCUT2D eigenvalue weighted by atomic mass is 35.5. The lowest BCUT2D eigenvalue weighted by Gasteiger charge is -2.20. The van der Waals surface area contributed by atoms with Gasteiger partial charge < -0.3 is 5.32 Å². The number of carbonyl (C=O) groups is 1. The molecule has 0 spiro atoms. The van der Waals surface area contributed by atoms with Crippen LogP contribution in [0.5, 0.6) is 0 Å². The number of carbonyl (C=O) groups excluding carboxylic acids is 1.